The Morgan fingerprint density at radius 2 is 1.64 bits per heavy atom. The molecule has 4 bridgehead atoms. The zero-order valence-corrected chi connectivity index (χ0v) is 24.2. The smallest absolute Gasteiger partial charge is 0.274 e. The molecule has 3 nitrogen and oxygen atoms in total. The molecule has 0 saturated heterocycles. The van der Waals surface area contributed by atoms with Crippen molar-refractivity contribution in [3.63, 3.8) is 0 Å². The molecule has 1 radical (unpaired) electrons. The first-order valence-corrected chi connectivity index (χ1v) is 16.3. The Morgan fingerprint density at radius 3 is 2.25 bits per heavy atom. The van der Waals surface area contributed by atoms with Gasteiger partial charge in [-0.25, -0.2) is 0 Å². The predicted molar refractivity (Wildman–Crippen MR) is 150 cm³/mol. The van der Waals surface area contributed by atoms with Crippen molar-refractivity contribution in [2.75, 3.05) is 13.2 Å². The van der Waals surface area contributed by atoms with Gasteiger partial charge in [-0.05, 0) is 97.7 Å². The minimum absolute atomic E-state index is 0.0167. The molecule has 0 aromatic heterocycles. The molecule has 2 atom stereocenters. The molecule has 0 N–H and O–H groups in total. The summed E-state index contributed by atoms with van der Waals surface area (Å²) >= 11 is 7.12. The van der Waals surface area contributed by atoms with Gasteiger partial charge in [0.2, 0.25) is 0 Å². The van der Waals surface area contributed by atoms with Gasteiger partial charge in [0, 0.05) is 4.87 Å². The minimum atomic E-state index is -0.967. The van der Waals surface area contributed by atoms with Gasteiger partial charge in [-0.1, -0.05) is 51.1 Å². The van der Waals surface area contributed by atoms with Crippen LogP contribution in [0.2, 0.25) is 13.1 Å². The lowest BCUT2D eigenvalue weighted by Crippen LogP contribution is -2.49. The van der Waals surface area contributed by atoms with E-state index in [1.54, 1.807) is 0 Å². The highest BCUT2D eigenvalue weighted by molar-refractivity contribution is 6.49. The molecule has 0 amide bonds. The maximum atomic E-state index is 7.12. The van der Waals surface area contributed by atoms with Crippen LogP contribution in [0.15, 0.2) is 54.1 Å². The highest BCUT2D eigenvalue weighted by Gasteiger charge is 2.53. The topological polar surface area (TPSA) is 27.7 Å². The van der Waals surface area contributed by atoms with Gasteiger partial charge < -0.3 is 13.9 Å². The van der Waals surface area contributed by atoms with Gasteiger partial charge in [-0.15, -0.1) is 11.6 Å². The van der Waals surface area contributed by atoms with E-state index in [1.165, 1.54) is 30.4 Å². The maximum Gasteiger partial charge on any atom is 0.274 e. The fourth-order valence-electron chi connectivity index (χ4n) is 6.82. The van der Waals surface area contributed by atoms with Crippen LogP contribution < -0.4 is 9.16 Å². The van der Waals surface area contributed by atoms with Crippen LogP contribution in [0.5, 0.6) is 11.5 Å². The zero-order chi connectivity index (χ0) is 25.5. The maximum absolute atomic E-state index is 7.12. The highest BCUT2D eigenvalue weighted by Crippen LogP contribution is 2.62. The summed E-state index contributed by atoms with van der Waals surface area (Å²) in [6.07, 6.45) is 5.78. The lowest BCUT2D eigenvalue weighted by atomic mass is 9.53. The van der Waals surface area contributed by atoms with E-state index in [9.17, 15) is 0 Å². The van der Waals surface area contributed by atoms with Crippen LogP contribution in [0.4, 0.5) is 0 Å². The molecule has 4 aliphatic carbocycles. The van der Waals surface area contributed by atoms with Crippen LogP contribution in [0.25, 0.3) is 5.76 Å². The number of hydrogen-bond acceptors (Lipinski definition) is 3. The van der Waals surface area contributed by atoms with E-state index in [2.05, 4.69) is 52.1 Å². The average Bonchev–Trinajstić information content (AvgIpc) is 2.79. The molecule has 193 valence electrons. The van der Waals surface area contributed by atoms with Crippen molar-refractivity contribution in [2.45, 2.75) is 76.3 Å². The standard InChI is InChI=1S/C31H40ClO3Si/c1-30(2,3)26-13-9-12-25(28(26)35-36(4)5)29(34-15-14-33-24-10-7-6-8-11-24)27-22-16-21-17-23(27)20-31(32,18-21)19-22/h6-13,21-23H,14-20H2,1-5H3. The van der Waals surface area contributed by atoms with Gasteiger partial charge >= 0.3 is 0 Å². The van der Waals surface area contributed by atoms with Crippen molar-refractivity contribution in [1.82, 2.24) is 0 Å². The Balaban J connectivity index is 1.53. The molecular weight excluding hydrogens is 484 g/mol. The molecule has 36 heavy (non-hydrogen) atoms. The van der Waals surface area contributed by atoms with Crippen LogP contribution in [-0.2, 0) is 10.2 Å². The first-order chi connectivity index (χ1) is 17.1. The molecular formula is C31H40ClO3Si. The van der Waals surface area contributed by atoms with Crippen molar-refractivity contribution < 1.29 is 13.9 Å². The second kappa shape index (κ2) is 10.1. The first kappa shape index (κ1) is 25.7. The molecule has 2 unspecified atom stereocenters. The van der Waals surface area contributed by atoms with Gasteiger partial charge in [-0.2, -0.15) is 0 Å². The molecule has 0 aliphatic heterocycles. The average molecular weight is 524 g/mol. The van der Waals surface area contributed by atoms with Crippen LogP contribution in [-0.4, -0.2) is 27.1 Å². The SMILES string of the molecule is C[Si](C)Oc1c(C(OCCOc2ccccc2)=C2C3CC4CC2CC(Cl)(C4)C3)cccc1C(C)(C)C. The summed E-state index contributed by atoms with van der Waals surface area (Å²) in [4.78, 5) is -0.0167. The summed E-state index contributed by atoms with van der Waals surface area (Å²) in [6, 6.07) is 16.6. The van der Waals surface area contributed by atoms with Crippen LogP contribution in [0, 0.1) is 17.8 Å². The van der Waals surface area contributed by atoms with E-state index >= 15 is 0 Å². The number of rotatable bonds is 8. The molecule has 4 aliphatic rings. The summed E-state index contributed by atoms with van der Waals surface area (Å²) < 4.78 is 19.4. The van der Waals surface area contributed by atoms with E-state index in [-0.39, 0.29) is 10.3 Å². The fraction of sp³-hybridized carbons (Fsp3) is 0.548. The monoisotopic (exact) mass is 523 g/mol. The number of ether oxygens (including phenoxy) is 2. The number of halogens is 1. The Labute approximate surface area is 223 Å². The Bertz CT molecular complexity index is 1090. The third kappa shape index (κ3) is 5.36. The molecule has 4 saturated carbocycles. The summed E-state index contributed by atoms with van der Waals surface area (Å²) in [6.45, 7) is 12.2. The first-order valence-electron chi connectivity index (χ1n) is 13.5. The van der Waals surface area contributed by atoms with Gasteiger partial charge in [0.1, 0.15) is 30.5 Å². The molecule has 2 aromatic carbocycles. The summed E-state index contributed by atoms with van der Waals surface area (Å²) in [5.41, 5.74) is 3.81. The number of allylic oxidation sites excluding steroid dienone is 1. The Morgan fingerprint density at radius 1 is 0.944 bits per heavy atom. The molecule has 0 heterocycles. The summed E-state index contributed by atoms with van der Waals surface area (Å²) in [5.74, 6) is 4.66. The third-order valence-corrected chi connectivity index (χ3v) is 9.05. The second-order valence-electron chi connectivity index (χ2n) is 12.2. The predicted octanol–water partition coefficient (Wildman–Crippen LogP) is 8.24. The molecule has 6 rings (SSSR count). The van der Waals surface area contributed by atoms with Gasteiger partial charge in [0.05, 0.1) is 5.56 Å². The number of benzene rings is 2. The van der Waals surface area contributed by atoms with E-state index in [1.807, 2.05) is 30.3 Å². The van der Waals surface area contributed by atoms with E-state index in [0.717, 1.165) is 41.6 Å². The van der Waals surface area contributed by atoms with Crippen LogP contribution in [0.3, 0.4) is 0 Å². The summed E-state index contributed by atoms with van der Waals surface area (Å²) in [5, 5.41) is 0. The van der Waals surface area contributed by atoms with Gasteiger partial charge in [-0.3, -0.25) is 0 Å². The van der Waals surface area contributed by atoms with E-state index in [0.29, 0.717) is 25.0 Å². The Kier molecular flexibility index (Phi) is 7.21. The normalized spacial score (nSPS) is 26.9. The third-order valence-electron chi connectivity index (χ3n) is 7.97. The van der Waals surface area contributed by atoms with Crippen LogP contribution in [0.1, 0.15) is 64.0 Å². The second-order valence-corrected chi connectivity index (χ2v) is 15.1. The van der Waals surface area contributed by atoms with E-state index < -0.39 is 9.04 Å². The largest absolute Gasteiger partial charge is 0.542 e. The van der Waals surface area contributed by atoms with Crippen molar-refractivity contribution in [1.29, 1.82) is 0 Å². The quantitative estimate of drug-likeness (QED) is 0.151. The van der Waals surface area contributed by atoms with Crippen molar-refractivity contribution in [2.24, 2.45) is 17.8 Å². The number of alkyl halides is 1. The molecule has 4 fully saturated rings. The lowest BCUT2D eigenvalue weighted by Gasteiger charge is -2.55. The molecule has 2 aromatic rings. The van der Waals surface area contributed by atoms with Crippen molar-refractivity contribution >= 4 is 26.4 Å². The van der Waals surface area contributed by atoms with Gasteiger partial charge in [0.15, 0.2) is 0 Å². The van der Waals surface area contributed by atoms with Crippen molar-refractivity contribution in [3.05, 3.63) is 65.2 Å². The van der Waals surface area contributed by atoms with Crippen molar-refractivity contribution in [3.8, 4) is 11.5 Å². The highest BCUT2D eigenvalue weighted by atomic mass is 35.5. The minimum Gasteiger partial charge on any atom is -0.542 e. The molecule has 5 heteroatoms. The number of hydrogen-bond donors (Lipinski definition) is 0. The fourth-order valence-corrected chi connectivity index (χ4v) is 8.04. The van der Waals surface area contributed by atoms with E-state index in [4.69, 9.17) is 25.5 Å². The van der Waals surface area contributed by atoms with Gasteiger partial charge in [0.25, 0.3) is 9.04 Å². The summed E-state index contributed by atoms with van der Waals surface area (Å²) in [7, 11) is -0.967. The molecule has 0 spiro atoms. The van der Waals surface area contributed by atoms with Crippen LogP contribution >= 0.6 is 11.6 Å². The zero-order valence-electron chi connectivity index (χ0n) is 22.4. The number of para-hydroxylation sites is 2. The lowest BCUT2D eigenvalue weighted by molar-refractivity contribution is 0.0820. The Hall–Kier alpha value is -1.91.